The molecule has 0 radical (unpaired) electrons. The van der Waals surface area contributed by atoms with Gasteiger partial charge in [0.1, 0.15) is 5.82 Å². The van der Waals surface area contributed by atoms with Crippen LogP contribution in [0.15, 0.2) is 54.7 Å². The molecule has 0 saturated carbocycles. The van der Waals surface area contributed by atoms with Crippen molar-refractivity contribution in [1.82, 2.24) is 4.98 Å². The first kappa shape index (κ1) is 14.3. The molecule has 0 spiro atoms. The summed E-state index contributed by atoms with van der Waals surface area (Å²) in [6, 6.07) is 13.1. The van der Waals surface area contributed by atoms with Gasteiger partial charge in [-0.1, -0.05) is 30.3 Å². The van der Waals surface area contributed by atoms with Crippen molar-refractivity contribution >= 4 is 22.5 Å². The number of benzene rings is 2. The first-order valence-electron chi connectivity index (χ1n) is 7.01. The molecule has 0 aliphatic rings. The van der Waals surface area contributed by atoms with Crippen LogP contribution in [-0.2, 0) is 11.2 Å². The van der Waals surface area contributed by atoms with Gasteiger partial charge < -0.3 is 16.0 Å². The average molecular weight is 297 g/mol. The minimum Gasteiger partial charge on any atom is -0.361 e. The maximum atomic E-state index is 13.5. The van der Waals surface area contributed by atoms with E-state index in [1.807, 2.05) is 30.5 Å². The maximum absolute atomic E-state index is 13.5. The highest BCUT2D eigenvalue weighted by molar-refractivity contribution is 5.95. The number of carbonyl (C=O) groups is 1. The zero-order chi connectivity index (χ0) is 15.5. The zero-order valence-corrected chi connectivity index (χ0v) is 11.8. The fourth-order valence-corrected chi connectivity index (χ4v) is 2.42. The number of nitrogens with two attached hydrogens (primary N) is 1. The third-order valence-corrected chi connectivity index (χ3v) is 3.58. The van der Waals surface area contributed by atoms with E-state index in [2.05, 4.69) is 10.3 Å². The van der Waals surface area contributed by atoms with Gasteiger partial charge >= 0.3 is 0 Å². The Balaban J connectivity index is 1.73. The minimum atomic E-state index is -0.751. The summed E-state index contributed by atoms with van der Waals surface area (Å²) in [5.41, 5.74) is 8.05. The molecule has 1 aromatic heterocycles. The SMILES string of the molecule is N[C@@H](Cc1c[nH]c2ccccc12)C(=O)Nc1ccccc1F. The normalized spacial score (nSPS) is 12.3. The minimum absolute atomic E-state index is 0.141. The van der Waals surface area contributed by atoms with E-state index in [4.69, 9.17) is 5.73 Å². The molecule has 5 heteroatoms. The predicted octanol–water partition coefficient (Wildman–Crippen LogP) is 2.82. The number of nitrogens with one attached hydrogen (secondary N) is 2. The quantitative estimate of drug-likeness (QED) is 0.693. The summed E-state index contributed by atoms with van der Waals surface area (Å²) < 4.78 is 13.5. The molecule has 0 fully saturated rings. The fourth-order valence-electron chi connectivity index (χ4n) is 2.42. The molecule has 3 rings (SSSR count). The third-order valence-electron chi connectivity index (χ3n) is 3.58. The zero-order valence-electron chi connectivity index (χ0n) is 11.8. The topological polar surface area (TPSA) is 70.9 Å². The highest BCUT2D eigenvalue weighted by Gasteiger charge is 2.17. The van der Waals surface area contributed by atoms with Crippen LogP contribution in [0.25, 0.3) is 10.9 Å². The molecule has 4 nitrogen and oxygen atoms in total. The first-order valence-corrected chi connectivity index (χ1v) is 7.01. The van der Waals surface area contributed by atoms with Crippen LogP contribution in [0.2, 0.25) is 0 Å². The smallest absolute Gasteiger partial charge is 0.241 e. The van der Waals surface area contributed by atoms with Gasteiger partial charge in [-0.15, -0.1) is 0 Å². The number of aromatic nitrogens is 1. The molecule has 112 valence electrons. The van der Waals surface area contributed by atoms with Crippen LogP contribution >= 0.6 is 0 Å². The van der Waals surface area contributed by atoms with E-state index in [0.717, 1.165) is 16.5 Å². The lowest BCUT2D eigenvalue weighted by Gasteiger charge is -2.12. The number of halogens is 1. The number of para-hydroxylation sites is 2. The second-order valence-corrected chi connectivity index (χ2v) is 5.14. The summed E-state index contributed by atoms with van der Waals surface area (Å²) in [5.74, 6) is -0.884. The summed E-state index contributed by atoms with van der Waals surface area (Å²) in [4.78, 5) is 15.3. The van der Waals surface area contributed by atoms with Gasteiger partial charge in [-0.2, -0.15) is 0 Å². The summed E-state index contributed by atoms with van der Waals surface area (Å²) in [6.07, 6.45) is 2.23. The molecule has 22 heavy (non-hydrogen) atoms. The molecule has 1 atom stereocenters. The van der Waals surface area contributed by atoms with Crippen molar-refractivity contribution in [2.24, 2.45) is 5.73 Å². The van der Waals surface area contributed by atoms with E-state index >= 15 is 0 Å². The van der Waals surface area contributed by atoms with Gasteiger partial charge in [0.15, 0.2) is 0 Å². The van der Waals surface area contributed by atoms with Gasteiger partial charge in [0.2, 0.25) is 5.91 Å². The Morgan fingerprint density at radius 3 is 2.73 bits per heavy atom. The summed E-state index contributed by atoms with van der Waals surface area (Å²) >= 11 is 0. The fraction of sp³-hybridized carbons (Fsp3) is 0.118. The van der Waals surface area contributed by atoms with Crippen LogP contribution in [0.4, 0.5) is 10.1 Å². The summed E-state index contributed by atoms with van der Waals surface area (Å²) in [7, 11) is 0. The van der Waals surface area contributed by atoms with E-state index in [0.29, 0.717) is 6.42 Å². The monoisotopic (exact) mass is 297 g/mol. The van der Waals surface area contributed by atoms with Crippen molar-refractivity contribution < 1.29 is 9.18 Å². The van der Waals surface area contributed by atoms with Gasteiger partial charge in [-0.05, 0) is 30.2 Å². The number of amides is 1. The van der Waals surface area contributed by atoms with Crippen LogP contribution in [0.3, 0.4) is 0 Å². The average Bonchev–Trinajstić information content (AvgIpc) is 2.93. The van der Waals surface area contributed by atoms with E-state index in [-0.39, 0.29) is 5.69 Å². The Labute approximate surface area is 127 Å². The number of H-pyrrole nitrogens is 1. The Kier molecular flexibility index (Phi) is 3.89. The first-order chi connectivity index (χ1) is 10.6. The molecule has 2 aromatic carbocycles. The third kappa shape index (κ3) is 2.84. The summed E-state index contributed by atoms with van der Waals surface area (Å²) in [6.45, 7) is 0. The lowest BCUT2D eigenvalue weighted by Crippen LogP contribution is -2.37. The van der Waals surface area contributed by atoms with Crippen molar-refractivity contribution in [2.45, 2.75) is 12.5 Å². The van der Waals surface area contributed by atoms with Crippen molar-refractivity contribution in [3.8, 4) is 0 Å². The van der Waals surface area contributed by atoms with E-state index in [9.17, 15) is 9.18 Å². The largest absolute Gasteiger partial charge is 0.361 e. The number of hydrogen-bond acceptors (Lipinski definition) is 2. The molecule has 1 heterocycles. The second-order valence-electron chi connectivity index (χ2n) is 5.14. The lowest BCUT2D eigenvalue weighted by atomic mass is 10.0. The van der Waals surface area contributed by atoms with Crippen molar-refractivity contribution in [1.29, 1.82) is 0 Å². The van der Waals surface area contributed by atoms with E-state index in [1.54, 1.807) is 12.1 Å². The molecule has 0 bridgehead atoms. The highest BCUT2D eigenvalue weighted by atomic mass is 19.1. The van der Waals surface area contributed by atoms with Gasteiger partial charge in [0.25, 0.3) is 0 Å². The highest BCUT2D eigenvalue weighted by Crippen LogP contribution is 2.19. The van der Waals surface area contributed by atoms with E-state index in [1.165, 1.54) is 12.1 Å². The Morgan fingerprint density at radius 1 is 1.18 bits per heavy atom. The van der Waals surface area contributed by atoms with Gasteiger partial charge in [-0.25, -0.2) is 4.39 Å². The predicted molar refractivity (Wildman–Crippen MR) is 85.0 cm³/mol. The lowest BCUT2D eigenvalue weighted by molar-refractivity contribution is -0.117. The van der Waals surface area contributed by atoms with E-state index < -0.39 is 17.8 Å². The molecule has 1 amide bonds. The van der Waals surface area contributed by atoms with Gasteiger partial charge in [-0.3, -0.25) is 4.79 Å². The second kappa shape index (κ2) is 5.99. The maximum Gasteiger partial charge on any atom is 0.241 e. The standard InChI is InChI=1S/C17H16FN3O/c18-13-6-2-4-8-16(13)21-17(22)14(19)9-11-10-20-15-7-3-1-5-12(11)15/h1-8,10,14,20H,9,19H2,(H,21,22)/t14-/m0/s1. The molecule has 3 aromatic rings. The van der Waals surface area contributed by atoms with Crippen LogP contribution in [0.5, 0.6) is 0 Å². The van der Waals surface area contributed by atoms with Gasteiger partial charge in [0.05, 0.1) is 11.7 Å². The van der Waals surface area contributed by atoms with Crippen molar-refractivity contribution in [3.05, 3.63) is 66.1 Å². The molecule has 0 aliphatic carbocycles. The molecule has 0 aliphatic heterocycles. The number of fused-ring (bicyclic) bond motifs is 1. The number of rotatable bonds is 4. The van der Waals surface area contributed by atoms with Crippen LogP contribution in [-0.4, -0.2) is 16.9 Å². The molecular weight excluding hydrogens is 281 g/mol. The number of hydrogen-bond donors (Lipinski definition) is 3. The van der Waals surface area contributed by atoms with Crippen LogP contribution in [0.1, 0.15) is 5.56 Å². The van der Waals surface area contributed by atoms with Crippen molar-refractivity contribution in [3.63, 3.8) is 0 Å². The number of anilines is 1. The number of carbonyl (C=O) groups excluding carboxylic acids is 1. The van der Waals surface area contributed by atoms with Crippen LogP contribution < -0.4 is 11.1 Å². The Morgan fingerprint density at radius 2 is 1.91 bits per heavy atom. The molecule has 0 saturated heterocycles. The Bertz CT molecular complexity index is 812. The molecule has 0 unspecified atom stereocenters. The Hall–Kier alpha value is -2.66. The van der Waals surface area contributed by atoms with Crippen molar-refractivity contribution in [2.75, 3.05) is 5.32 Å². The summed E-state index contributed by atoms with van der Waals surface area (Å²) in [5, 5.41) is 3.56. The van der Waals surface area contributed by atoms with Gasteiger partial charge in [0, 0.05) is 17.1 Å². The van der Waals surface area contributed by atoms with Crippen LogP contribution in [0, 0.1) is 5.82 Å². The number of aromatic amines is 1. The molecule has 4 N–H and O–H groups in total. The molecular formula is C17H16FN3O.